The van der Waals surface area contributed by atoms with Crippen molar-refractivity contribution in [2.75, 3.05) is 0 Å². The molecule has 0 bridgehead atoms. The molecule has 2 nitrogen and oxygen atoms in total. The first-order chi connectivity index (χ1) is 4.97. The second-order valence-electron chi connectivity index (χ2n) is 2.43. The van der Waals surface area contributed by atoms with Crippen LogP contribution in [0.4, 0.5) is 0 Å². The summed E-state index contributed by atoms with van der Waals surface area (Å²) >= 11 is 0. The van der Waals surface area contributed by atoms with Crippen LogP contribution in [0.2, 0.25) is 0 Å². The van der Waals surface area contributed by atoms with Gasteiger partial charge in [-0.1, -0.05) is 12.2 Å². The van der Waals surface area contributed by atoms with E-state index in [4.69, 9.17) is 4.84 Å². The van der Waals surface area contributed by atoms with Crippen molar-refractivity contribution in [2.45, 2.75) is 12.8 Å². The smallest absolute Gasteiger partial charge is 0.123 e. The van der Waals surface area contributed by atoms with Crippen LogP contribution >= 0.6 is 0 Å². The molecule has 0 atom stereocenters. The highest BCUT2D eigenvalue weighted by Crippen LogP contribution is 2.24. The van der Waals surface area contributed by atoms with Crippen LogP contribution in [0.1, 0.15) is 12.8 Å². The maximum Gasteiger partial charge on any atom is 0.123 e. The van der Waals surface area contributed by atoms with E-state index in [1.165, 1.54) is 11.1 Å². The van der Waals surface area contributed by atoms with Gasteiger partial charge in [-0.25, -0.2) is 5.48 Å². The molecule has 52 valence electrons. The molecule has 1 aliphatic carbocycles. The van der Waals surface area contributed by atoms with E-state index >= 15 is 0 Å². The molecule has 1 aliphatic heterocycles. The fourth-order valence-corrected chi connectivity index (χ4v) is 1.17. The van der Waals surface area contributed by atoms with E-state index < -0.39 is 0 Å². The molecule has 0 fully saturated rings. The van der Waals surface area contributed by atoms with Gasteiger partial charge in [0.2, 0.25) is 0 Å². The van der Waals surface area contributed by atoms with E-state index in [2.05, 4.69) is 17.6 Å². The minimum atomic E-state index is 1.01. The Bertz CT molecular complexity index is 201. The van der Waals surface area contributed by atoms with Gasteiger partial charge in [-0.05, 0) is 24.0 Å². The standard InChI is InChI=1S/C8H9NO/c1-2-4-8-6-10-9-5-7(8)3-1/h1-2,5-6,9H,3-4H2. The lowest BCUT2D eigenvalue weighted by atomic mass is 9.96. The molecule has 0 aromatic heterocycles. The zero-order valence-electron chi connectivity index (χ0n) is 5.63. The minimum Gasteiger partial charge on any atom is -0.390 e. The predicted molar refractivity (Wildman–Crippen MR) is 38.8 cm³/mol. The Morgan fingerprint density at radius 2 is 2.00 bits per heavy atom. The molecule has 0 unspecified atom stereocenters. The van der Waals surface area contributed by atoms with Crippen LogP contribution in [0.15, 0.2) is 35.8 Å². The molecule has 1 heterocycles. The predicted octanol–water partition coefficient (Wildman–Crippen LogP) is 1.64. The highest BCUT2D eigenvalue weighted by Gasteiger charge is 2.09. The second-order valence-corrected chi connectivity index (χ2v) is 2.43. The molecular weight excluding hydrogens is 126 g/mol. The lowest BCUT2D eigenvalue weighted by Gasteiger charge is -2.17. The quantitative estimate of drug-likeness (QED) is 0.510. The van der Waals surface area contributed by atoms with E-state index in [1.807, 2.05) is 6.20 Å². The van der Waals surface area contributed by atoms with Crippen LogP contribution < -0.4 is 5.48 Å². The molecule has 0 amide bonds. The van der Waals surface area contributed by atoms with Gasteiger partial charge in [-0.2, -0.15) is 0 Å². The highest BCUT2D eigenvalue weighted by atomic mass is 16.6. The summed E-state index contributed by atoms with van der Waals surface area (Å²) in [4.78, 5) is 4.92. The maximum atomic E-state index is 4.92. The van der Waals surface area contributed by atoms with Gasteiger partial charge in [-0.15, -0.1) is 0 Å². The van der Waals surface area contributed by atoms with Crippen molar-refractivity contribution >= 4 is 0 Å². The first-order valence-electron chi connectivity index (χ1n) is 3.41. The van der Waals surface area contributed by atoms with E-state index in [0.717, 1.165) is 12.8 Å². The van der Waals surface area contributed by atoms with Crippen molar-refractivity contribution in [3.63, 3.8) is 0 Å². The van der Waals surface area contributed by atoms with Crippen molar-refractivity contribution in [1.82, 2.24) is 5.48 Å². The monoisotopic (exact) mass is 135 g/mol. The zero-order chi connectivity index (χ0) is 6.81. The number of hydroxylamine groups is 1. The van der Waals surface area contributed by atoms with E-state index in [0.29, 0.717) is 0 Å². The summed E-state index contributed by atoms with van der Waals surface area (Å²) in [5, 5.41) is 0. The number of hydrogen-bond acceptors (Lipinski definition) is 2. The van der Waals surface area contributed by atoms with Crippen molar-refractivity contribution in [1.29, 1.82) is 0 Å². The van der Waals surface area contributed by atoms with Gasteiger partial charge in [0.1, 0.15) is 6.26 Å². The lowest BCUT2D eigenvalue weighted by Crippen LogP contribution is -2.11. The molecule has 0 saturated carbocycles. The normalized spacial score (nSPS) is 21.6. The number of hydrogen-bond donors (Lipinski definition) is 1. The third kappa shape index (κ3) is 0.817. The third-order valence-corrected chi connectivity index (χ3v) is 1.76. The Labute approximate surface area is 59.8 Å². The summed E-state index contributed by atoms with van der Waals surface area (Å²) < 4.78 is 0. The van der Waals surface area contributed by atoms with Gasteiger partial charge in [0.25, 0.3) is 0 Å². The summed E-state index contributed by atoms with van der Waals surface area (Å²) in [7, 11) is 0. The fraction of sp³-hybridized carbons (Fsp3) is 0.250. The number of fused-ring (bicyclic) bond motifs is 1. The van der Waals surface area contributed by atoms with Gasteiger partial charge < -0.3 is 4.84 Å². The van der Waals surface area contributed by atoms with E-state index in [-0.39, 0.29) is 0 Å². The molecule has 0 spiro atoms. The number of rotatable bonds is 0. The molecular formula is C8H9NO. The summed E-state index contributed by atoms with van der Waals surface area (Å²) in [6.07, 6.45) is 10.1. The molecule has 2 aliphatic rings. The van der Waals surface area contributed by atoms with Crippen LogP contribution in [0.25, 0.3) is 0 Å². The zero-order valence-corrected chi connectivity index (χ0v) is 5.63. The molecule has 0 aromatic rings. The van der Waals surface area contributed by atoms with Gasteiger partial charge in [0, 0.05) is 6.20 Å². The summed E-state index contributed by atoms with van der Waals surface area (Å²) in [6.45, 7) is 0. The average Bonchev–Trinajstić information content (AvgIpc) is 2.05. The molecule has 0 aromatic carbocycles. The SMILES string of the molecule is C1=CCC2=CONC=C2C1. The Morgan fingerprint density at radius 3 is 2.80 bits per heavy atom. The summed E-state index contributed by atoms with van der Waals surface area (Å²) in [6, 6.07) is 0. The molecule has 0 saturated heterocycles. The van der Waals surface area contributed by atoms with Crippen molar-refractivity contribution in [2.24, 2.45) is 0 Å². The first kappa shape index (κ1) is 5.59. The van der Waals surface area contributed by atoms with Crippen molar-refractivity contribution in [3.8, 4) is 0 Å². The van der Waals surface area contributed by atoms with Crippen LogP contribution in [-0.4, -0.2) is 0 Å². The topological polar surface area (TPSA) is 21.3 Å². The molecule has 10 heavy (non-hydrogen) atoms. The van der Waals surface area contributed by atoms with Crippen molar-refractivity contribution < 1.29 is 4.84 Å². The highest BCUT2D eigenvalue weighted by molar-refractivity contribution is 5.36. The van der Waals surface area contributed by atoms with Crippen LogP contribution in [0.3, 0.4) is 0 Å². The van der Waals surface area contributed by atoms with Crippen LogP contribution in [0, 0.1) is 0 Å². The van der Waals surface area contributed by atoms with E-state index in [1.54, 1.807) is 6.26 Å². The Kier molecular flexibility index (Phi) is 1.24. The third-order valence-electron chi connectivity index (χ3n) is 1.76. The molecule has 1 N–H and O–H groups in total. The Balaban J connectivity index is 2.30. The second kappa shape index (κ2) is 2.21. The first-order valence-corrected chi connectivity index (χ1v) is 3.41. The summed E-state index contributed by atoms with van der Waals surface area (Å²) in [5.41, 5.74) is 5.35. The molecule has 0 radical (unpaired) electrons. The number of nitrogens with one attached hydrogen (secondary N) is 1. The Hall–Kier alpha value is -1.18. The molecule has 2 heteroatoms. The van der Waals surface area contributed by atoms with Crippen LogP contribution in [0.5, 0.6) is 0 Å². The fourth-order valence-electron chi connectivity index (χ4n) is 1.17. The van der Waals surface area contributed by atoms with E-state index in [9.17, 15) is 0 Å². The average molecular weight is 135 g/mol. The van der Waals surface area contributed by atoms with Gasteiger partial charge in [-0.3, -0.25) is 0 Å². The van der Waals surface area contributed by atoms with Crippen molar-refractivity contribution in [3.05, 3.63) is 35.8 Å². The Morgan fingerprint density at radius 1 is 1.20 bits per heavy atom. The van der Waals surface area contributed by atoms with Gasteiger partial charge in [0.15, 0.2) is 0 Å². The summed E-state index contributed by atoms with van der Waals surface area (Å²) in [5.74, 6) is 0. The number of allylic oxidation sites excluding steroid dienone is 4. The minimum absolute atomic E-state index is 1.01. The maximum absolute atomic E-state index is 4.92. The largest absolute Gasteiger partial charge is 0.390 e. The van der Waals surface area contributed by atoms with Crippen LogP contribution in [-0.2, 0) is 4.84 Å². The van der Waals surface area contributed by atoms with Gasteiger partial charge >= 0.3 is 0 Å². The lowest BCUT2D eigenvalue weighted by molar-refractivity contribution is 0.167. The van der Waals surface area contributed by atoms with Gasteiger partial charge in [0.05, 0.1) is 0 Å². The molecule has 2 rings (SSSR count).